The zero-order chi connectivity index (χ0) is 17.8. The SMILES string of the molecule is Cc1cccc2[nH]cc(CCNC(=O)C(C)C(N)c3ccccc3)c12.Cl. The van der Waals surface area contributed by atoms with Crippen molar-refractivity contribution in [3.8, 4) is 0 Å². The van der Waals surface area contributed by atoms with Gasteiger partial charge in [0.2, 0.25) is 5.91 Å². The number of carbonyl (C=O) groups excluding carboxylic acids is 1. The molecule has 3 rings (SSSR count). The van der Waals surface area contributed by atoms with E-state index in [0.29, 0.717) is 6.54 Å². The molecule has 0 saturated carbocycles. The molecule has 4 nitrogen and oxygen atoms in total. The van der Waals surface area contributed by atoms with Crippen LogP contribution < -0.4 is 11.1 Å². The standard InChI is InChI=1S/C21H25N3O.ClH/c1-14-7-6-10-18-19(14)17(13-24-18)11-12-23-21(25)15(2)20(22)16-8-4-3-5-9-16;/h3-10,13,15,20,24H,11-12,22H2,1-2H3,(H,23,25);1H. The fourth-order valence-corrected chi connectivity index (χ4v) is 3.26. The maximum absolute atomic E-state index is 12.4. The number of aryl methyl sites for hydroxylation is 1. The first-order valence-electron chi connectivity index (χ1n) is 8.71. The largest absolute Gasteiger partial charge is 0.361 e. The van der Waals surface area contributed by atoms with Crippen molar-refractivity contribution in [2.75, 3.05) is 6.54 Å². The summed E-state index contributed by atoms with van der Waals surface area (Å²) in [5, 5.41) is 4.28. The smallest absolute Gasteiger partial charge is 0.224 e. The molecule has 3 aromatic rings. The van der Waals surface area contributed by atoms with E-state index in [-0.39, 0.29) is 30.3 Å². The van der Waals surface area contributed by atoms with Crippen molar-refractivity contribution in [2.24, 2.45) is 11.7 Å². The first-order chi connectivity index (χ1) is 12.1. The summed E-state index contributed by atoms with van der Waals surface area (Å²) < 4.78 is 0. The van der Waals surface area contributed by atoms with Crippen molar-refractivity contribution in [1.29, 1.82) is 0 Å². The molecule has 4 N–H and O–H groups in total. The van der Waals surface area contributed by atoms with Crippen LogP contribution in [0.1, 0.15) is 29.7 Å². The Hall–Kier alpha value is -2.30. The van der Waals surface area contributed by atoms with Crippen molar-refractivity contribution in [2.45, 2.75) is 26.3 Å². The maximum atomic E-state index is 12.4. The minimum Gasteiger partial charge on any atom is -0.361 e. The molecule has 0 aliphatic heterocycles. The van der Waals surface area contributed by atoms with Gasteiger partial charge in [0.15, 0.2) is 0 Å². The summed E-state index contributed by atoms with van der Waals surface area (Å²) in [5.74, 6) is -0.278. The van der Waals surface area contributed by atoms with Gasteiger partial charge in [0, 0.05) is 29.7 Å². The van der Waals surface area contributed by atoms with E-state index >= 15 is 0 Å². The van der Waals surface area contributed by atoms with E-state index in [2.05, 4.69) is 29.4 Å². The molecular weight excluding hydrogens is 346 g/mol. The number of hydrogen-bond donors (Lipinski definition) is 3. The molecule has 2 atom stereocenters. The van der Waals surface area contributed by atoms with Crippen LogP contribution in [0, 0.1) is 12.8 Å². The highest BCUT2D eigenvalue weighted by Crippen LogP contribution is 2.22. The molecule has 0 saturated heterocycles. The molecular formula is C21H26ClN3O. The van der Waals surface area contributed by atoms with E-state index < -0.39 is 0 Å². The number of nitrogens with two attached hydrogens (primary N) is 1. The van der Waals surface area contributed by atoms with Crippen LogP contribution in [0.3, 0.4) is 0 Å². The van der Waals surface area contributed by atoms with Gasteiger partial charge in [-0.1, -0.05) is 49.4 Å². The van der Waals surface area contributed by atoms with Gasteiger partial charge in [0.25, 0.3) is 0 Å². The van der Waals surface area contributed by atoms with E-state index in [0.717, 1.165) is 17.5 Å². The summed E-state index contributed by atoms with van der Waals surface area (Å²) in [4.78, 5) is 15.7. The van der Waals surface area contributed by atoms with Gasteiger partial charge in [0.05, 0.1) is 5.92 Å². The molecule has 26 heavy (non-hydrogen) atoms. The van der Waals surface area contributed by atoms with Gasteiger partial charge in [-0.2, -0.15) is 0 Å². The molecule has 5 heteroatoms. The Morgan fingerprint density at radius 3 is 2.62 bits per heavy atom. The zero-order valence-corrected chi connectivity index (χ0v) is 16.0. The number of H-pyrrole nitrogens is 1. The van der Waals surface area contributed by atoms with Gasteiger partial charge in [-0.05, 0) is 36.1 Å². The minimum absolute atomic E-state index is 0. The summed E-state index contributed by atoms with van der Waals surface area (Å²) in [5.41, 5.74) is 10.8. The normalized spacial score (nSPS) is 13.0. The fraction of sp³-hybridized carbons (Fsp3) is 0.286. The topological polar surface area (TPSA) is 70.9 Å². The third-order valence-corrected chi connectivity index (χ3v) is 4.83. The number of nitrogens with one attached hydrogen (secondary N) is 2. The average Bonchev–Trinajstić information content (AvgIpc) is 3.05. The van der Waals surface area contributed by atoms with Crippen molar-refractivity contribution in [1.82, 2.24) is 10.3 Å². The number of aromatic amines is 1. The van der Waals surface area contributed by atoms with Gasteiger partial charge < -0.3 is 16.0 Å². The van der Waals surface area contributed by atoms with Crippen LogP contribution in [-0.4, -0.2) is 17.4 Å². The van der Waals surface area contributed by atoms with Crippen LogP contribution in [-0.2, 0) is 11.2 Å². The third kappa shape index (κ3) is 4.26. The summed E-state index contributed by atoms with van der Waals surface area (Å²) in [6, 6.07) is 15.7. The Morgan fingerprint density at radius 2 is 1.88 bits per heavy atom. The summed E-state index contributed by atoms with van der Waals surface area (Å²) in [6.07, 6.45) is 2.83. The van der Waals surface area contributed by atoms with Crippen molar-refractivity contribution < 1.29 is 4.79 Å². The lowest BCUT2D eigenvalue weighted by atomic mass is 9.94. The number of benzene rings is 2. The number of amides is 1. The number of rotatable bonds is 6. The first kappa shape index (κ1) is 20.0. The third-order valence-electron chi connectivity index (χ3n) is 4.83. The Morgan fingerprint density at radius 1 is 1.15 bits per heavy atom. The molecule has 0 spiro atoms. The zero-order valence-electron chi connectivity index (χ0n) is 15.2. The van der Waals surface area contributed by atoms with Crippen molar-refractivity contribution in [3.05, 3.63) is 71.4 Å². The number of hydrogen-bond acceptors (Lipinski definition) is 2. The van der Waals surface area contributed by atoms with Gasteiger partial charge in [-0.25, -0.2) is 0 Å². The summed E-state index contributed by atoms with van der Waals surface area (Å²) >= 11 is 0. The van der Waals surface area contributed by atoms with E-state index in [4.69, 9.17) is 5.73 Å². The molecule has 1 aromatic heterocycles. The fourth-order valence-electron chi connectivity index (χ4n) is 3.26. The maximum Gasteiger partial charge on any atom is 0.224 e. The van der Waals surface area contributed by atoms with Gasteiger partial charge in [0.1, 0.15) is 0 Å². The first-order valence-corrected chi connectivity index (χ1v) is 8.71. The highest BCUT2D eigenvalue weighted by Gasteiger charge is 2.21. The van der Waals surface area contributed by atoms with Gasteiger partial charge in [-0.15, -0.1) is 12.4 Å². The van der Waals surface area contributed by atoms with Crippen molar-refractivity contribution >= 4 is 29.2 Å². The predicted molar refractivity (Wildman–Crippen MR) is 110 cm³/mol. The van der Waals surface area contributed by atoms with Crippen molar-refractivity contribution in [3.63, 3.8) is 0 Å². The monoisotopic (exact) mass is 371 g/mol. The molecule has 2 unspecified atom stereocenters. The molecule has 2 aromatic carbocycles. The summed E-state index contributed by atoms with van der Waals surface area (Å²) in [6.45, 7) is 4.59. The van der Waals surface area contributed by atoms with E-state index in [1.165, 1.54) is 16.5 Å². The number of aromatic nitrogens is 1. The van der Waals surface area contributed by atoms with Crippen LogP contribution in [0.5, 0.6) is 0 Å². The van der Waals surface area contributed by atoms with E-state index in [9.17, 15) is 4.79 Å². The van der Waals surface area contributed by atoms with Crippen LogP contribution in [0.15, 0.2) is 54.7 Å². The molecule has 0 radical (unpaired) electrons. The number of fused-ring (bicyclic) bond motifs is 1. The second kappa shape index (κ2) is 8.88. The van der Waals surface area contributed by atoms with Crippen LogP contribution in [0.4, 0.5) is 0 Å². The Bertz CT molecular complexity index is 860. The lowest BCUT2D eigenvalue weighted by Crippen LogP contribution is -2.36. The van der Waals surface area contributed by atoms with Crippen LogP contribution in [0.25, 0.3) is 10.9 Å². The number of halogens is 1. The highest BCUT2D eigenvalue weighted by molar-refractivity contribution is 5.86. The minimum atomic E-state index is -0.295. The second-order valence-corrected chi connectivity index (χ2v) is 6.58. The Balaban J connectivity index is 0.00000243. The van der Waals surface area contributed by atoms with E-state index in [1.54, 1.807) is 0 Å². The van der Waals surface area contributed by atoms with E-state index in [1.807, 2.05) is 49.5 Å². The highest BCUT2D eigenvalue weighted by atomic mass is 35.5. The summed E-state index contributed by atoms with van der Waals surface area (Å²) in [7, 11) is 0. The molecule has 0 aliphatic rings. The van der Waals surface area contributed by atoms with Crippen LogP contribution >= 0.6 is 12.4 Å². The molecule has 0 aliphatic carbocycles. The quantitative estimate of drug-likeness (QED) is 0.615. The molecule has 138 valence electrons. The Labute approximate surface area is 160 Å². The second-order valence-electron chi connectivity index (χ2n) is 6.58. The predicted octanol–water partition coefficient (Wildman–Crippen LogP) is 3.89. The lowest BCUT2D eigenvalue weighted by molar-refractivity contribution is -0.125. The average molecular weight is 372 g/mol. The molecule has 0 bridgehead atoms. The Kier molecular flexibility index (Phi) is 6.83. The van der Waals surface area contributed by atoms with Gasteiger partial charge >= 0.3 is 0 Å². The lowest BCUT2D eigenvalue weighted by Gasteiger charge is -2.19. The molecule has 1 amide bonds. The molecule has 1 heterocycles. The molecule has 0 fully saturated rings. The number of carbonyl (C=O) groups is 1. The van der Waals surface area contributed by atoms with Gasteiger partial charge in [-0.3, -0.25) is 4.79 Å². The van der Waals surface area contributed by atoms with Crippen LogP contribution in [0.2, 0.25) is 0 Å².